The van der Waals surface area contributed by atoms with Crippen molar-refractivity contribution >= 4 is 129 Å². The highest BCUT2D eigenvalue weighted by Gasteiger charge is 2.30. The zero-order valence-electron chi connectivity index (χ0n) is 31.3. The lowest BCUT2D eigenvalue weighted by Crippen LogP contribution is -2.16. The number of aromatic hydroxyl groups is 2. The van der Waals surface area contributed by atoms with Crippen molar-refractivity contribution in [1.29, 1.82) is 0 Å². The number of nitrogens with zero attached hydrogens (tertiary/aromatic N) is 5. The van der Waals surface area contributed by atoms with Gasteiger partial charge in [0, 0.05) is 16.2 Å². The van der Waals surface area contributed by atoms with Gasteiger partial charge in [0.2, 0.25) is 17.2 Å². The molecule has 6 aromatic rings. The van der Waals surface area contributed by atoms with Crippen LogP contribution in [0.15, 0.2) is 101 Å². The fraction of sp³-hybridized carbons (Fsp3) is 0.0645. The number of phenols is 2. The number of rotatable bonds is 15. The zero-order valence-corrected chi connectivity index (χ0v) is 36.9. The Balaban J connectivity index is 1.45. The van der Waals surface area contributed by atoms with Gasteiger partial charge in [-0.05, 0) is 53.4 Å². The summed E-state index contributed by atoms with van der Waals surface area (Å²) < 4.78 is 201. The number of aromatic nitrogens is 3. The standard InChI is InChI=1S/C31H24ClN7O20S6/c32-29-35-30(37-31(36-29)34-21-11-15(12-23(26(21)41)62(47,48)49)60(42,43)10-9-59-65(56,57)58)33-19-8-6-17-18(28(19)64(53,54)55)13-22(61(44,45)46)24(25(17)40)39-38-20-7-5-14-3-1-2-4-16(14)27(20)63(50,51)52/h1-8,11-13,40-41H,9-10H2,(H,44,45,46)(H,47,48,49)(H,50,51,52)(H,53,54,55)(H,56,57,58)(H2,33,34,35,36,37)/b39-38+. The van der Waals surface area contributed by atoms with E-state index in [1.54, 1.807) is 6.07 Å². The molecular formula is C31H24ClN7O20S6. The van der Waals surface area contributed by atoms with Gasteiger partial charge < -0.3 is 20.8 Å². The maximum atomic E-state index is 12.9. The lowest BCUT2D eigenvalue weighted by atomic mass is 10.1. The highest BCUT2D eigenvalue weighted by molar-refractivity contribution is 7.91. The number of azo groups is 1. The molecule has 0 atom stereocenters. The molecule has 65 heavy (non-hydrogen) atoms. The number of sulfone groups is 1. The molecule has 0 radical (unpaired) electrons. The van der Waals surface area contributed by atoms with Crippen molar-refractivity contribution in [1.82, 2.24) is 15.0 Å². The van der Waals surface area contributed by atoms with E-state index >= 15 is 0 Å². The van der Waals surface area contributed by atoms with Crippen LogP contribution in [0, 0.1) is 0 Å². The normalized spacial score (nSPS) is 13.1. The lowest BCUT2D eigenvalue weighted by molar-refractivity contribution is 0.284. The van der Waals surface area contributed by atoms with Crippen LogP contribution < -0.4 is 10.6 Å². The average molecular weight is 1040 g/mol. The highest BCUT2D eigenvalue weighted by atomic mass is 35.5. The van der Waals surface area contributed by atoms with E-state index in [9.17, 15) is 78.9 Å². The number of benzene rings is 5. The lowest BCUT2D eigenvalue weighted by Gasteiger charge is -2.16. The van der Waals surface area contributed by atoms with E-state index in [-0.39, 0.29) is 11.5 Å². The summed E-state index contributed by atoms with van der Waals surface area (Å²) in [6.07, 6.45) is 0. The summed E-state index contributed by atoms with van der Waals surface area (Å²) in [6.45, 7) is -1.18. The number of hydrogen-bond donors (Lipinski definition) is 9. The van der Waals surface area contributed by atoms with Crippen molar-refractivity contribution in [2.45, 2.75) is 24.5 Å². The molecule has 0 fully saturated rings. The Morgan fingerprint density at radius 2 is 1.18 bits per heavy atom. The van der Waals surface area contributed by atoms with E-state index in [1.165, 1.54) is 24.3 Å². The summed E-state index contributed by atoms with van der Waals surface area (Å²) in [7, 11) is -31.4. The molecule has 1 heterocycles. The Labute approximate surface area is 370 Å². The van der Waals surface area contributed by atoms with Crippen LogP contribution in [0.2, 0.25) is 5.28 Å². The Bertz CT molecular complexity index is 3730. The topological polar surface area (TPSA) is 443 Å². The predicted molar refractivity (Wildman–Crippen MR) is 222 cm³/mol. The Hall–Kier alpha value is -5.82. The Morgan fingerprint density at radius 3 is 1.77 bits per heavy atom. The van der Waals surface area contributed by atoms with Crippen LogP contribution in [0.1, 0.15) is 0 Å². The number of fused-ring (bicyclic) bond motifs is 2. The Morgan fingerprint density at radius 1 is 0.585 bits per heavy atom. The van der Waals surface area contributed by atoms with Gasteiger partial charge >= 0.3 is 10.4 Å². The minimum absolute atomic E-state index is 0.0432. The molecule has 1 aromatic heterocycles. The third-order valence-corrected chi connectivity index (χ3v) is 14.4. The fourth-order valence-electron chi connectivity index (χ4n) is 5.87. The maximum absolute atomic E-state index is 12.9. The first-order chi connectivity index (χ1) is 29.8. The molecule has 0 amide bonds. The molecule has 6 rings (SSSR count). The van der Waals surface area contributed by atoms with E-state index in [1.807, 2.05) is 0 Å². The van der Waals surface area contributed by atoms with E-state index in [0.29, 0.717) is 17.5 Å². The molecule has 0 saturated heterocycles. The molecule has 0 saturated carbocycles. The molecule has 34 heteroatoms. The van der Waals surface area contributed by atoms with Gasteiger partial charge in [-0.25, -0.2) is 12.6 Å². The quantitative estimate of drug-likeness (QED) is 0.0402. The fourth-order valence-corrected chi connectivity index (χ4v) is 10.6. The van der Waals surface area contributed by atoms with Gasteiger partial charge in [0.15, 0.2) is 21.3 Å². The number of anilines is 4. The van der Waals surface area contributed by atoms with Gasteiger partial charge in [0.25, 0.3) is 40.5 Å². The van der Waals surface area contributed by atoms with Crippen molar-refractivity contribution in [3.8, 4) is 11.5 Å². The molecule has 346 valence electrons. The Kier molecular flexibility index (Phi) is 12.9. The first-order valence-corrected chi connectivity index (χ1v) is 25.8. The second-order valence-corrected chi connectivity index (χ2v) is 21.8. The van der Waals surface area contributed by atoms with Crippen molar-refractivity contribution in [2.75, 3.05) is 23.0 Å². The van der Waals surface area contributed by atoms with Gasteiger partial charge in [0.1, 0.15) is 31.0 Å². The largest absolute Gasteiger partial charge is 0.505 e. The van der Waals surface area contributed by atoms with Gasteiger partial charge in [-0.1, -0.05) is 30.3 Å². The van der Waals surface area contributed by atoms with E-state index in [4.69, 9.17) is 16.2 Å². The molecular weight excluding hydrogens is 1020 g/mol. The van der Waals surface area contributed by atoms with Crippen LogP contribution in [-0.2, 0) is 64.9 Å². The highest BCUT2D eigenvalue weighted by Crippen LogP contribution is 2.46. The summed E-state index contributed by atoms with van der Waals surface area (Å²) in [4.78, 5) is 5.45. The van der Waals surface area contributed by atoms with Crippen molar-refractivity contribution in [2.24, 2.45) is 10.2 Å². The molecule has 0 aliphatic heterocycles. The van der Waals surface area contributed by atoms with Crippen molar-refractivity contribution < 1.29 is 87.7 Å². The van der Waals surface area contributed by atoms with Crippen molar-refractivity contribution in [3.63, 3.8) is 0 Å². The molecule has 27 nitrogen and oxygen atoms in total. The van der Waals surface area contributed by atoms with Gasteiger partial charge in [0.05, 0.1) is 28.6 Å². The van der Waals surface area contributed by atoms with Gasteiger partial charge in [-0.3, -0.25) is 22.8 Å². The third-order valence-electron chi connectivity index (χ3n) is 8.47. The number of halogens is 1. The molecule has 0 spiro atoms. The third kappa shape index (κ3) is 10.8. The monoisotopic (exact) mass is 1040 g/mol. The minimum Gasteiger partial charge on any atom is -0.505 e. The molecule has 9 N–H and O–H groups in total. The zero-order chi connectivity index (χ0) is 48.2. The molecule has 5 aromatic carbocycles. The van der Waals surface area contributed by atoms with Gasteiger partial charge in [-0.15, -0.1) is 10.2 Å². The summed E-state index contributed by atoms with van der Waals surface area (Å²) in [5.41, 5.74) is -3.28. The van der Waals surface area contributed by atoms with E-state index < -0.39 is 160 Å². The summed E-state index contributed by atoms with van der Waals surface area (Å²) in [5, 5.41) is 31.9. The van der Waals surface area contributed by atoms with Crippen LogP contribution in [-0.4, -0.2) is 111 Å². The van der Waals surface area contributed by atoms with Crippen molar-refractivity contribution in [3.05, 3.63) is 72.0 Å². The second kappa shape index (κ2) is 17.2. The molecule has 0 aliphatic carbocycles. The van der Waals surface area contributed by atoms with E-state index in [0.717, 1.165) is 18.2 Å². The van der Waals surface area contributed by atoms with E-state index in [2.05, 4.69) is 40.0 Å². The first kappa shape index (κ1) is 48.6. The average Bonchev–Trinajstić information content (AvgIpc) is 3.15. The van der Waals surface area contributed by atoms with Crippen LogP contribution >= 0.6 is 11.6 Å². The second-order valence-electron chi connectivity index (χ2n) is 12.7. The smallest absolute Gasteiger partial charge is 0.397 e. The maximum Gasteiger partial charge on any atom is 0.397 e. The number of phenolic OH excluding ortho intramolecular Hbond substituents is 2. The summed E-state index contributed by atoms with van der Waals surface area (Å²) in [5.74, 6) is -5.34. The number of nitrogens with one attached hydrogen (secondary N) is 2. The SMILES string of the molecule is O=S(=O)(O)OCCS(=O)(=O)c1cc(Nc2nc(Cl)nc(Nc3ccc4c(O)c(/N=N/c5ccc6ccccc6c5S(=O)(=O)O)c(S(=O)(=O)O)cc4c3S(=O)(=O)O)n2)c(O)c(S(=O)(=O)O)c1. The first-order valence-electron chi connectivity index (χ1n) is 16.7. The van der Waals surface area contributed by atoms with Crippen LogP contribution in [0.5, 0.6) is 11.5 Å². The number of hydrogen-bond acceptors (Lipinski definition) is 22. The summed E-state index contributed by atoms with van der Waals surface area (Å²) in [6, 6.07) is 11.2. The van der Waals surface area contributed by atoms with Crippen LogP contribution in [0.4, 0.5) is 34.6 Å². The summed E-state index contributed by atoms with van der Waals surface area (Å²) >= 11 is 6.01. The van der Waals surface area contributed by atoms with Crippen LogP contribution in [0.25, 0.3) is 21.5 Å². The minimum atomic E-state index is -5.54. The molecule has 0 unspecified atom stereocenters. The predicted octanol–water partition coefficient (Wildman–Crippen LogP) is 3.73. The molecule has 0 bridgehead atoms. The molecule has 0 aliphatic rings. The van der Waals surface area contributed by atoms with Crippen LogP contribution in [0.3, 0.4) is 0 Å². The van der Waals surface area contributed by atoms with Gasteiger partial charge in [-0.2, -0.15) is 57.0 Å².